The van der Waals surface area contributed by atoms with Gasteiger partial charge in [-0.3, -0.25) is 28.9 Å². The monoisotopic (exact) mass is 559 g/mol. The molecule has 13 nitrogen and oxygen atoms in total. The smallest absolute Gasteiger partial charge is 0.407 e. The van der Waals surface area contributed by atoms with Gasteiger partial charge in [-0.15, -0.1) is 0 Å². The van der Waals surface area contributed by atoms with E-state index in [0.29, 0.717) is 38.9 Å². The van der Waals surface area contributed by atoms with Crippen LogP contribution in [-0.2, 0) is 20.5 Å². The molecule has 0 spiro atoms. The number of hydrogen-bond acceptors (Lipinski definition) is 8. The Morgan fingerprint density at radius 2 is 1.24 bits per heavy atom. The molecule has 1 unspecified atom stereocenters. The summed E-state index contributed by atoms with van der Waals surface area (Å²) in [5, 5.41) is 28.0. The third-order valence-electron chi connectivity index (χ3n) is 5.48. The lowest BCUT2D eigenvalue weighted by Crippen LogP contribution is -2.47. The first kappa shape index (κ1) is 35.2. The molecule has 1 heterocycles. The number of amides is 2. The molecular weight excluding hydrogens is 517 g/mol. The molecule has 38 heavy (non-hydrogen) atoms. The van der Waals surface area contributed by atoms with Crippen LogP contribution in [0.15, 0.2) is 24.3 Å². The number of rotatable bonds is 7. The molecule has 216 valence electrons. The Kier molecular flexibility index (Phi) is 18.7. The average molecular weight is 560 g/mol. The number of aryl methyl sites for hydroxylation is 1. The highest BCUT2D eigenvalue weighted by molar-refractivity contribution is 7.48. The molecule has 0 radical (unpaired) electrons. The van der Waals surface area contributed by atoms with Crippen molar-refractivity contribution in [3.05, 3.63) is 35.4 Å². The van der Waals surface area contributed by atoms with Crippen LogP contribution in [0.5, 0.6) is 0 Å². The lowest BCUT2D eigenvalue weighted by Gasteiger charge is -2.34. The fourth-order valence-electron chi connectivity index (χ4n) is 3.56. The van der Waals surface area contributed by atoms with Crippen molar-refractivity contribution in [1.29, 1.82) is 0 Å². The van der Waals surface area contributed by atoms with E-state index in [0.717, 1.165) is 11.1 Å². The average Bonchev–Trinajstić information content (AvgIpc) is 2.85. The Labute approximate surface area is 225 Å². The van der Waals surface area contributed by atoms with Crippen molar-refractivity contribution in [2.45, 2.75) is 26.9 Å². The highest BCUT2D eigenvalue weighted by atomic mass is 31.2. The highest BCUT2D eigenvalue weighted by Gasteiger charge is 2.24. The van der Waals surface area contributed by atoms with Gasteiger partial charge in [-0.2, -0.15) is 0 Å². The largest absolute Gasteiger partial charge is 0.480 e. The van der Waals surface area contributed by atoms with Gasteiger partial charge in [0.15, 0.2) is 0 Å². The summed E-state index contributed by atoms with van der Waals surface area (Å²) in [6.07, 6.45) is -0.427. The van der Waals surface area contributed by atoms with Crippen LogP contribution in [-0.4, -0.2) is 129 Å². The summed E-state index contributed by atoms with van der Waals surface area (Å²) in [7, 11) is -1.60. The molecule has 2 amide bonds. The van der Waals surface area contributed by atoms with Gasteiger partial charge in [0.2, 0.25) is 6.41 Å². The third kappa shape index (κ3) is 15.4. The first-order valence-electron chi connectivity index (χ1n) is 12.3. The maximum absolute atomic E-state index is 11.7. The molecule has 1 aliphatic rings. The van der Waals surface area contributed by atoms with Crippen molar-refractivity contribution < 1.29 is 39.4 Å². The van der Waals surface area contributed by atoms with Crippen LogP contribution in [0, 0.1) is 6.92 Å². The number of benzene rings is 1. The van der Waals surface area contributed by atoms with Gasteiger partial charge in [0.25, 0.3) is 0 Å². The standard InChI is InChI=1S/C21H33N4O7P.C2H6.CH3NO/c1-17-2-4-18(5-3-17)16-33(32)25-12-9-23(15-20(28)29)7-6-22(14-19(26)27)8-10-24(11-13-25)21(30)31;1-2;2-1-3/h2-5,32H,6-16H2,1H3,(H,26,27)(H,28,29)(H,30,31);1-2H3;1H,(H2,2,3). The van der Waals surface area contributed by atoms with Crippen LogP contribution < -0.4 is 5.73 Å². The van der Waals surface area contributed by atoms with Crippen molar-refractivity contribution in [2.24, 2.45) is 5.73 Å². The zero-order valence-corrected chi connectivity index (χ0v) is 23.3. The van der Waals surface area contributed by atoms with E-state index in [1.165, 1.54) is 4.90 Å². The van der Waals surface area contributed by atoms with E-state index >= 15 is 0 Å². The number of carbonyl (C=O) groups is 4. The van der Waals surface area contributed by atoms with E-state index in [9.17, 15) is 29.5 Å². The molecule has 2 rings (SSSR count). The summed E-state index contributed by atoms with van der Waals surface area (Å²) in [4.78, 5) is 58.3. The molecule has 14 heteroatoms. The van der Waals surface area contributed by atoms with E-state index in [1.54, 1.807) is 9.80 Å². The maximum Gasteiger partial charge on any atom is 0.407 e. The quantitative estimate of drug-likeness (QED) is 0.237. The number of carboxylic acids is 2. The molecule has 1 aromatic rings. The molecule has 0 saturated carbocycles. The Bertz CT molecular complexity index is 846. The second-order valence-electron chi connectivity index (χ2n) is 8.22. The van der Waals surface area contributed by atoms with Crippen molar-refractivity contribution in [2.75, 3.05) is 65.4 Å². The van der Waals surface area contributed by atoms with Crippen LogP contribution in [0.3, 0.4) is 0 Å². The lowest BCUT2D eigenvalue weighted by molar-refractivity contribution is -0.140. The minimum atomic E-state index is -1.60. The topological polar surface area (TPSA) is 188 Å². The van der Waals surface area contributed by atoms with E-state index < -0.39 is 26.3 Å². The fourth-order valence-corrected chi connectivity index (χ4v) is 4.94. The van der Waals surface area contributed by atoms with Gasteiger partial charge in [-0.1, -0.05) is 43.7 Å². The Hall–Kier alpha value is -2.83. The minimum absolute atomic E-state index is 0.122. The number of aliphatic carboxylic acids is 2. The predicted octanol–water partition coefficient (Wildman–Crippen LogP) is 0.996. The number of nitrogens with zero attached hydrogens (tertiary/aromatic N) is 4. The molecular formula is C24H42N5O8P. The van der Waals surface area contributed by atoms with Gasteiger partial charge in [0.05, 0.1) is 13.1 Å². The van der Waals surface area contributed by atoms with Crippen LogP contribution in [0.4, 0.5) is 4.79 Å². The van der Waals surface area contributed by atoms with Crippen LogP contribution in [0.2, 0.25) is 0 Å². The van der Waals surface area contributed by atoms with Gasteiger partial charge >= 0.3 is 18.0 Å². The molecule has 1 aliphatic heterocycles. The number of carboxylic acid groups (broad SMARTS) is 3. The summed E-state index contributed by atoms with van der Waals surface area (Å²) in [6, 6.07) is 7.85. The maximum atomic E-state index is 11.7. The highest BCUT2D eigenvalue weighted by Crippen LogP contribution is 2.39. The van der Waals surface area contributed by atoms with Crippen molar-refractivity contribution in [1.82, 2.24) is 19.4 Å². The summed E-state index contributed by atoms with van der Waals surface area (Å²) >= 11 is 0. The molecule has 1 saturated heterocycles. The number of primary amides is 1. The second-order valence-corrected chi connectivity index (χ2v) is 9.84. The third-order valence-corrected chi connectivity index (χ3v) is 7.18. The van der Waals surface area contributed by atoms with Crippen LogP contribution >= 0.6 is 8.30 Å². The number of hydrogen-bond donors (Lipinski definition) is 5. The number of carbonyl (C=O) groups excluding carboxylic acids is 1. The summed E-state index contributed by atoms with van der Waals surface area (Å²) in [6.45, 7) is 7.66. The fraction of sp³-hybridized carbons (Fsp3) is 0.583. The van der Waals surface area contributed by atoms with Crippen molar-refractivity contribution in [3.8, 4) is 0 Å². The minimum Gasteiger partial charge on any atom is -0.480 e. The first-order chi connectivity index (χ1) is 18.0. The van der Waals surface area contributed by atoms with Gasteiger partial charge in [0.1, 0.15) is 8.30 Å². The summed E-state index contributed by atoms with van der Waals surface area (Å²) < 4.78 is 1.83. The molecule has 6 N–H and O–H groups in total. The van der Waals surface area contributed by atoms with Gasteiger partial charge in [-0.25, -0.2) is 4.79 Å². The van der Waals surface area contributed by atoms with Crippen LogP contribution in [0.1, 0.15) is 25.0 Å². The van der Waals surface area contributed by atoms with Crippen molar-refractivity contribution in [3.63, 3.8) is 0 Å². The van der Waals surface area contributed by atoms with Crippen LogP contribution in [0.25, 0.3) is 0 Å². The zero-order valence-electron chi connectivity index (χ0n) is 22.4. The molecule has 1 aromatic carbocycles. The van der Waals surface area contributed by atoms with Gasteiger partial charge < -0.3 is 30.8 Å². The van der Waals surface area contributed by atoms with E-state index in [-0.39, 0.29) is 39.1 Å². The molecule has 1 atom stereocenters. The number of nitrogens with two attached hydrogens (primary N) is 1. The zero-order chi connectivity index (χ0) is 29.1. The summed E-state index contributed by atoms with van der Waals surface area (Å²) in [5.41, 5.74) is 6.26. The SMILES string of the molecule is CC.Cc1ccc(CP(O)N2CCN(CC(=O)O)CCN(CC(=O)O)CCN(C(=O)O)CC2)cc1.NC=O. The second kappa shape index (κ2) is 20.2. The normalized spacial score (nSPS) is 16.8. The van der Waals surface area contributed by atoms with Gasteiger partial charge in [-0.05, 0) is 12.5 Å². The lowest BCUT2D eigenvalue weighted by atomic mass is 10.2. The predicted molar refractivity (Wildman–Crippen MR) is 145 cm³/mol. The molecule has 0 aromatic heterocycles. The first-order valence-corrected chi connectivity index (χ1v) is 13.8. The van der Waals surface area contributed by atoms with E-state index in [2.05, 4.69) is 5.73 Å². The van der Waals surface area contributed by atoms with E-state index in [4.69, 9.17) is 9.90 Å². The van der Waals surface area contributed by atoms with Crippen molar-refractivity contribution >= 4 is 32.7 Å². The Morgan fingerprint density at radius 3 is 1.68 bits per heavy atom. The molecule has 1 fully saturated rings. The molecule has 0 aliphatic carbocycles. The molecule has 0 bridgehead atoms. The Morgan fingerprint density at radius 1 is 0.842 bits per heavy atom. The van der Waals surface area contributed by atoms with Gasteiger partial charge in [0, 0.05) is 58.5 Å². The Balaban J connectivity index is 0.00000255. The van der Waals surface area contributed by atoms with E-state index in [1.807, 2.05) is 49.7 Å². The summed E-state index contributed by atoms with van der Waals surface area (Å²) in [5.74, 6) is -2.01.